The maximum absolute atomic E-state index is 11.9. The van der Waals surface area contributed by atoms with E-state index in [1.807, 2.05) is 20.8 Å². The summed E-state index contributed by atoms with van der Waals surface area (Å²) in [4.78, 5) is 12.1. The molecule has 0 fully saturated rings. The summed E-state index contributed by atoms with van der Waals surface area (Å²) in [6.45, 7) is 5.90. The molecule has 20 heavy (non-hydrogen) atoms. The number of nitrogens with two attached hydrogens (primary N) is 1. The van der Waals surface area contributed by atoms with Crippen LogP contribution in [0.5, 0.6) is 0 Å². The van der Waals surface area contributed by atoms with E-state index in [0.29, 0.717) is 5.69 Å². The number of anilines is 1. The predicted molar refractivity (Wildman–Crippen MR) is 80.2 cm³/mol. The van der Waals surface area contributed by atoms with E-state index < -0.39 is 9.84 Å². The number of carbonyl (C=O) groups is 1. The van der Waals surface area contributed by atoms with Gasteiger partial charge in [-0.05, 0) is 23.6 Å². The van der Waals surface area contributed by atoms with E-state index in [0.717, 1.165) is 6.26 Å². The van der Waals surface area contributed by atoms with Crippen molar-refractivity contribution in [2.24, 2.45) is 11.1 Å². The second kappa shape index (κ2) is 5.93. The van der Waals surface area contributed by atoms with Crippen LogP contribution in [0.2, 0.25) is 0 Å². The number of nitrogens with one attached hydrogen (secondary N) is 1. The number of benzene rings is 1. The number of hydrogen-bond donors (Lipinski definition) is 2. The summed E-state index contributed by atoms with van der Waals surface area (Å²) < 4.78 is 22.9. The molecule has 1 rings (SSSR count). The van der Waals surface area contributed by atoms with Crippen molar-refractivity contribution in [3.8, 4) is 0 Å². The fraction of sp³-hybridized carbons (Fsp3) is 0.500. The number of amides is 1. The third-order valence-electron chi connectivity index (χ3n) is 3.06. The standard InChI is InChI=1S/C14H22N2O3S/c1-14(2,3)12(15)9-13(17)16-10-6-5-7-11(8-10)20(4,18)19/h5-8,12H,9,15H2,1-4H3,(H,16,17). The van der Waals surface area contributed by atoms with Crippen molar-refractivity contribution in [3.05, 3.63) is 24.3 Å². The van der Waals surface area contributed by atoms with Crippen LogP contribution in [-0.4, -0.2) is 26.6 Å². The first-order chi connectivity index (χ1) is 9.00. The molecular formula is C14H22N2O3S. The lowest BCUT2D eigenvalue weighted by molar-refractivity contribution is -0.117. The van der Waals surface area contributed by atoms with E-state index in [-0.39, 0.29) is 28.7 Å². The van der Waals surface area contributed by atoms with Gasteiger partial charge < -0.3 is 11.1 Å². The van der Waals surface area contributed by atoms with Crippen LogP contribution in [0.1, 0.15) is 27.2 Å². The molecule has 1 aromatic rings. The van der Waals surface area contributed by atoms with Gasteiger partial charge in [0.25, 0.3) is 0 Å². The zero-order chi connectivity index (χ0) is 15.6. The van der Waals surface area contributed by atoms with E-state index in [2.05, 4.69) is 5.32 Å². The van der Waals surface area contributed by atoms with Crippen molar-refractivity contribution in [2.45, 2.75) is 38.1 Å². The number of hydrogen-bond acceptors (Lipinski definition) is 4. The minimum Gasteiger partial charge on any atom is -0.327 e. The molecule has 1 aromatic carbocycles. The van der Waals surface area contributed by atoms with E-state index in [1.54, 1.807) is 12.1 Å². The van der Waals surface area contributed by atoms with Gasteiger partial charge in [0.2, 0.25) is 5.91 Å². The van der Waals surface area contributed by atoms with Gasteiger partial charge in [-0.2, -0.15) is 0 Å². The number of rotatable bonds is 4. The topological polar surface area (TPSA) is 89.3 Å². The summed E-state index contributed by atoms with van der Waals surface area (Å²) in [6.07, 6.45) is 1.32. The maximum Gasteiger partial charge on any atom is 0.225 e. The Hall–Kier alpha value is -1.40. The molecule has 0 saturated carbocycles. The van der Waals surface area contributed by atoms with Gasteiger partial charge in [0, 0.05) is 24.4 Å². The van der Waals surface area contributed by atoms with Gasteiger partial charge in [0.05, 0.1) is 4.90 Å². The zero-order valence-electron chi connectivity index (χ0n) is 12.3. The highest BCUT2D eigenvalue weighted by Gasteiger charge is 2.23. The monoisotopic (exact) mass is 298 g/mol. The second-order valence-electron chi connectivity index (χ2n) is 6.02. The quantitative estimate of drug-likeness (QED) is 0.887. The molecule has 3 N–H and O–H groups in total. The van der Waals surface area contributed by atoms with Gasteiger partial charge in [-0.3, -0.25) is 4.79 Å². The van der Waals surface area contributed by atoms with Crippen LogP contribution in [-0.2, 0) is 14.6 Å². The van der Waals surface area contributed by atoms with Crippen LogP contribution in [0.3, 0.4) is 0 Å². The lowest BCUT2D eigenvalue weighted by atomic mass is 9.85. The first kappa shape index (κ1) is 16.7. The van der Waals surface area contributed by atoms with E-state index in [4.69, 9.17) is 5.73 Å². The Morgan fingerprint density at radius 1 is 1.35 bits per heavy atom. The molecular weight excluding hydrogens is 276 g/mol. The van der Waals surface area contributed by atoms with Crippen molar-refractivity contribution < 1.29 is 13.2 Å². The highest BCUT2D eigenvalue weighted by atomic mass is 32.2. The average Bonchev–Trinajstić information content (AvgIpc) is 2.26. The van der Waals surface area contributed by atoms with E-state index in [9.17, 15) is 13.2 Å². The smallest absolute Gasteiger partial charge is 0.225 e. The minimum absolute atomic E-state index is 0.161. The van der Waals surface area contributed by atoms with Gasteiger partial charge in [-0.25, -0.2) is 8.42 Å². The van der Waals surface area contributed by atoms with Crippen LogP contribution < -0.4 is 11.1 Å². The first-order valence-electron chi connectivity index (χ1n) is 6.36. The first-order valence-corrected chi connectivity index (χ1v) is 8.25. The lowest BCUT2D eigenvalue weighted by Gasteiger charge is -2.26. The highest BCUT2D eigenvalue weighted by molar-refractivity contribution is 7.90. The molecule has 0 bridgehead atoms. The van der Waals surface area contributed by atoms with Crippen LogP contribution in [0.25, 0.3) is 0 Å². The Bertz CT molecular complexity index is 589. The molecule has 1 amide bonds. The van der Waals surface area contributed by atoms with Gasteiger partial charge in [-0.15, -0.1) is 0 Å². The molecule has 1 atom stereocenters. The Balaban J connectivity index is 2.77. The summed E-state index contributed by atoms with van der Waals surface area (Å²) in [6, 6.07) is 5.91. The van der Waals surface area contributed by atoms with Crippen molar-refractivity contribution in [2.75, 3.05) is 11.6 Å². The van der Waals surface area contributed by atoms with Crippen LogP contribution in [0, 0.1) is 5.41 Å². The Morgan fingerprint density at radius 2 is 1.95 bits per heavy atom. The molecule has 0 aliphatic carbocycles. The molecule has 1 unspecified atom stereocenters. The molecule has 0 saturated heterocycles. The maximum atomic E-state index is 11.9. The van der Waals surface area contributed by atoms with E-state index >= 15 is 0 Å². The fourth-order valence-corrected chi connectivity index (χ4v) is 2.19. The number of carbonyl (C=O) groups excluding carboxylic acids is 1. The molecule has 0 heterocycles. The highest BCUT2D eigenvalue weighted by Crippen LogP contribution is 2.21. The summed E-state index contributed by atoms with van der Waals surface area (Å²) in [7, 11) is -3.28. The molecule has 0 spiro atoms. The molecule has 0 radical (unpaired) electrons. The fourth-order valence-electron chi connectivity index (χ4n) is 1.52. The van der Waals surface area contributed by atoms with E-state index in [1.165, 1.54) is 12.1 Å². The Labute approximate surface area is 120 Å². The lowest BCUT2D eigenvalue weighted by Crippen LogP contribution is -2.38. The molecule has 112 valence electrons. The van der Waals surface area contributed by atoms with Crippen molar-refractivity contribution in [1.29, 1.82) is 0 Å². The summed E-state index contributed by atoms with van der Waals surface area (Å²) in [5.41, 5.74) is 6.24. The second-order valence-corrected chi connectivity index (χ2v) is 8.04. The SMILES string of the molecule is CC(C)(C)C(N)CC(=O)Nc1cccc(S(C)(=O)=O)c1. The van der Waals surface area contributed by atoms with Crippen molar-refractivity contribution in [3.63, 3.8) is 0 Å². The van der Waals surface area contributed by atoms with Crippen molar-refractivity contribution >= 4 is 21.4 Å². The third-order valence-corrected chi connectivity index (χ3v) is 4.17. The van der Waals surface area contributed by atoms with Gasteiger partial charge in [-0.1, -0.05) is 26.8 Å². The van der Waals surface area contributed by atoms with Gasteiger partial charge in [0.15, 0.2) is 9.84 Å². The van der Waals surface area contributed by atoms with Crippen molar-refractivity contribution in [1.82, 2.24) is 0 Å². The molecule has 0 aliphatic heterocycles. The Morgan fingerprint density at radius 3 is 2.45 bits per heavy atom. The molecule has 0 aliphatic rings. The Kier molecular flexibility index (Phi) is 4.94. The van der Waals surface area contributed by atoms with Gasteiger partial charge in [0.1, 0.15) is 0 Å². The largest absolute Gasteiger partial charge is 0.327 e. The summed E-state index contributed by atoms with van der Waals surface area (Å²) in [5.74, 6) is -0.224. The molecule has 5 nitrogen and oxygen atoms in total. The van der Waals surface area contributed by atoms with Crippen LogP contribution >= 0.6 is 0 Å². The van der Waals surface area contributed by atoms with Gasteiger partial charge >= 0.3 is 0 Å². The summed E-state index contributed by atoms with van der Waals surface area (Å²) in [5, 5.41) is 2.67. The average molecular weight is 298 g/mol. The number of sulfone groups is 1. The summed E-state index contributed by atoms with van der Waals surface area (Å²) >= 11 is 0. The third kappa shape index (κ3) is 4.94. The molecule has 0 aromatic heterocycles. The normalized spacial score (nSPS) is 13.8. The van der Waals surface area contributed by atoms with Crippen LogP contribution in [0.4, 0.5) is 5.69 Å². The predicted octanol–water partition coefficient (Wildman–Crippen LogP) is 1.79. The van der Waals surface area contributed by atoms with Crippen LogP contribution in [0.15, 0.2) is 29.2 Å². The zero-order valence-corrected chi connectivity index (χ0v) is 13.1. The molecule has 6 heteroatoms. The minimum atomic E-state index is -3.28.